The standard InChI is InChI=1S/C22H31N5O.HI/c1-17-7-6-8-20(15-17)28-18(2)16-25-22(23-3)26-19-10-13-27(14-11-19)21-9-4-5-12-24-21;/h4-9,12,15,18-19H,10-11,13-14,16H2,1-3H3,(H2,23,25,26);1H. The fraction of sp³-hybridized carbons (Fsp3) is 0.455. The van der Waals surface area contributed by atoms with Gasteiger partial charge in [-0.15, -0.1) is 24.0 Å². The number of halogens is 1. The first kappa shape index (κ1) is 23.3. The Morgan fingerprint density at radius 1 is 1.24 bits per heavy atom. The topological polar surface area (TPSA) is 61.8 Å². The number of piperidine rings is 1. The number of benzene rings is 1. The lowest BCUT2D eigenvalue weighted by atomic mass is 10.1. The van der Waals surface area contributed by atoms with E-state index >= 15 is 0 Å². The van der Waals surface area contributed by atoms with E-state index < -0.39 is 0 Å². The Labute approximate surface area is 191 Å². The fourth-order valence-electron chi connectivity index (χ4n) is 3.38. The molecule has 0 bridgehead atoms. The van der Waals surface area contributed by atoms with Gasteiger partial charge in [-0.1, -0.05) is 18.2 Å². The van der Waals surface area contributed by atoms with Crippen LogP contribution >= 0.6 is 24.0 Å². The molecular weight excluding hydrogens is 477 g/mol. The van der Waals surface area contributed by atoms with Gasteiger partial charge in [0.05, 0.1) is 6.54 Å². The summed E-state index contributed by atoms with van der Waals surface area (Å²) >= 11 is 0. The maximum absolute atomic E-state index is 5.98. The van der Waals surface area contributed by atoms with E-state index in [1.165, 1.54) is 5.56 Å². The average molecular weight is 509 g/mol. The minimum Gasteiger partial charge on any atom is -0.489 e. The molecule has 1 aromatic heterocycles. The highest BCUT2D eigenvalue weighted by molar-refractivity contribution is 14.0. The van der Waals surface area contributed by atoms with E-state index in [4.69, 9.17) is 4.74 Å². The van der Waals surface area contributed by atoms with E-state index in [-0.39, 0.29) is 30.1 Å². The van der Waals surface area contributed by atoms with Crippen LogP contribution in [0.4, 0.5) is 5.82 Å². The Balaban J connectivity index is 0.00000300. The Bertz CT molecular complexity index is 763. The summed E-state index contributed by atoms with van der Waals surface area (Å²) in [4.78, 5) is 11.2. The Morgan fingerprint density at radius 3 is 2.69 bits per heavy atom. The van der Waals surface area contributed by atoms with E-state index in [0.29, 0.717) is 12.6 Å². The van der Waals surface area contributed by atoms with Crippen LogP contribution in [0, 0.1) is 6.92 Å². The van der Waals surface area contributed by atoms with Crippen LogP contribution in [0.5, 0.6) is 5.75 Å². The molecule has 2 N–H and O–H groups in total. The highest BCUT2D eigenvalue weighted by atomic mass is 127. The highest BCUT2D eigenvalue weighted by Gasteiger charge is 2.20. The first-order valence-corrected chi connectivity index (χ1v) is 10.0. The second-order valence-electron chi connectivity index (χ2n) is 7.29. The van der Waals surface area contributed by atoms with Gasteiger partial charge in [0.25, 0.3) is 0 Å². The van der Waals surface area contributed by atoms with Crippen LogP contribution < -0.4 is 20.3 Å². The van der Waals surface area contributed by atoms with Gasteiger partial charge in [0, 0.05) is 32.4 Å². The lowest BCUT2D eigenvalue weighted by molar-refractivity contribution is 0.223. The molecule has 2 aromatic rings. The van der Waals surface area contributed by atoms with Crippen LogP contribution in [-0.4, -0.2) is 49.8 Å². The molecule has 0 saturated carbocycles. The summed E-state index contributed by atoms with van der Waals surface area (Å²) in [6.45, 7) is 6.83. The van der Waals surface area contributed by atoms with Crippen molar-refractivity contribution in [1.82, 2.24) is 15.6 Å². The molecule has 1 aromatic carbocycles. The minimum absolute atomic E-state index is 0. The molecule has 2 heterocycles. The smallest absolute Gasteiger partial charge is 0.191 e. The van der Waals surface area contributed by atoms with Gasteiger partial charge in [0.15, 0.2) is 5.96 Å². The minimum atomic E-state index is 0. The summed E-state index contributed by atoms with van der Waals surface area (Å²) in [5.74, 6) is 2.79. The molecule has 7 heteroatoms. The van der Waals surface area contributed by atoms with Gasteiger partial charge in [-0.25, -0.2) is 4.98 Å². The lowest BCUT2D eigenvalue weighted by Gasteiger charge is -2.33. The summed E-state index contributed by atoms with van der Waals surface area (Å²) in [6.07, 6.45) is 4.02. The Hall–Kier alpha value is -2.03. The monoisotopic (exact) mass is 509 g/mol. The van der Waals surface area contributed by atoms with E-state index in [9.17, 15) is 0 Å². The largest absolute Gasteiger partial charge is 0.489 e. The van der Waals surface area contributed by atoms with Crippen molar-refractivity contribution in [3.8, 4) is 5.75 Å². The molecule has 1 aliphatic heterocycles. The zero-order valence-corrected chi connectivity index (χ0v) is 19.8. The van der Waals surface area contributed by atoms with Gasteiger partial charge >= 0.3 is 0 Å². The summed E-state index contributed by atoms with van der Waals surface area (Å²) in [6, 6.07) is 14.6. The van der Waals surface area contributed by atoms with Crippen LogP contribution in [0.25, 0.3) is 0 Å². The van der Waals surface area contributed by atoms with Crippen LogP contribution in [-0.2, 0) is 0 Å². The third kappa shape index (κ3) is 7.38. The molecule has 0 amide bonds. The van der Waals surface area contributed by atoms with Gasteiger partial charge in [-0.2, -0.15) is 0 Å². The zero-order chi connectivity index (χ0) is 19.8. The number of anilines is 1. The van der Waals surface area contributed by atoms with Gasteiger partial charge < -0.3 is 20.3 Å². The van der Waals surface area contributed by atoms with Crippen molar-refractivity contribution in [2.75, 3.05) is 31.6 Å². The van der Waals surface area contributed by atoms with Gasteiger partial charge in [-0.05, 0) is 56.5 Å². The van der Waals surface area contributed by atoms with E-state index in [1.54, 1.807) is 0 Å². The van der Waals surface area contributed by atoms with E-state index in [1.807, 2.05) is 37.5 Å². The first-order valence-electron chi connectivity index (χ1n) is 10.0. The van der Waals surface area contributed by atoms with Crippen molar-refractivity contribution in [2.24, 2.45) is 4.99 Å². The molecule has 29 heavy (non-hydrogen) atoms. The van der Waals surface area contributed by atoms with Crippen LogP contribution in [0.2, 0.25) is 0 Å². The lowest BCUT2D eigenvalue weighted by Crippen LogP contribution is -2.50. The Morgan fingerprint density at radius 2 is 2.03 bits per heavy atom. The van der Waals surface area contributed by atoms with Crippen molar-refractivity contribution in [1.29, 1.82) is 0 Å². The SMILES string of the molecule is CN=C(NCC(C)Oc1cccc(C)c1)NC1CCN(c2ccccn2)CC1.I. The molecule has 1 atom stereocenters. The van der Waals surface area contributed by atoms with E-state index in [0.717, 1.165) is 43.5 Å². The molecule has 6 nitrogen and oxygen atoms in total. The maximum atomic E-state index is 5.98. The molecule has 1 saturated heterocycles. The number of guanidine groups is 1. The molecule has 1 aliphatic rings. The predicted octanol–water partition coefficient (Wildman–Crippen LogP) is 3.61. The van der Waals surface area contributed by atoms with Gasteiger partial charge in [-0.3, -0.25) is 4.99 Å². The van der Waals surface area contributed by atoms with Crippen molar-refractivity contribution in [3.63, 3.8) is 0 Å². The molecule has 1 fully saturated rings. The number of hydrogen-bond donors (Lipinski definition) is 2. The van der Waals surface area contributed by atoms with Crippen molar-refractivity contribution in [2.45, 2.75) is 38.8 Å². The highest BCUT2D eigenvalue weighted by Crippen LogP contribution is 2.17. The van der Waals surface area contributed by atoms with Crippen molar-refractivity contribution in [3.05, 3.63) is 54.2 Å². The molecule has 1 unspecified atom stereocenters. The van der Waals surface area contributed by atoms with Gasteiger partial charge in [0.2, 0.25) is 0 Å². The van der Waals surface area contributed by atoms with E-state index in [2.05, 4.69) is 57.6 Å². The fourth-order valence-corrected chi connectivity index (χ4v) is 3.38. The summed E-state index contributed by atoms with van der Waals surface area (Å²) in [5, 5.41) is 6.92. The number of hydrogen-bond acceptors (Lipinski definition) is 4. The average Bonchev–Trinajstić information content (AvgIpc) is 2.72. The molecule has 0 radical (unpaired) electrons. The second kappa shape index (κ2) is 11.8. The van der Waals surface area contributed by atoms with Crippen LogP contribution in [0.1, 0.15) is 25.3 Å². The van der Waals surface area contributed by atoms with Crippen molar-refractivity contribution < 1.29 is 4.74 Å². The summed E-state index contributed by atoms with van der Waals surface area (Å²) in [7, 11) is 1.81. The predicted molar refractivity (Wildman–Crippen MR) is 131 cm³/mol. The number of aromatic nitrogens is 1. The maximum Gasteiger partial charge on any atom is 0.191 e. The van der Waals surface area contributed by atoms with Crippen LogP contribution in [0.15, 0.2) is 53.7 Å². The van der Waals surface area contributed by atoms with Gasteiger partial charge in [0.1, 0.15) is 17.7 Å². The first-order chi connectivity index (χ1) is 13.6. The number of nitrogens with zero attached hydrogens (tertiary/aromatic N) is 3. The summed E-state index contributed by atoms with van der Waals surface area (Å²) < 4.78 is 5.98. The molecule has 0 aliphatic carbocycles. The molecule has 3 rings (SSSR count). The Kier molecular flexibility index (Phi) is 9.50. The zero-order valence-electron chi connectivity index (χ0n) is 17.5. The summed E-state index contributed by atoms with van der Waals surface area (Å²) in [5.41, 5.74) is 1.20. The molecule has 0 spiro atoms. The number of pyridine rings is 1. The number of nitrogens with one attached hydrogen (secondary N) is 2. The normalized spacial score (nSPS) is 16.0. The van der Waals surface area contributed by atoms with Crippen LogP contribution in [0.3, 0.4) is 0 Å². The molecule has 158 valence electrons. The second-order valence-corrected chi connectivity index (χ2v) is 7.29. The van der Waals surface area contributed by atoms with Crippen molar-refractivity contribution >= 4 is 35.8 Å². The number of aryl methyl sites for hydroxylation is 1. The number of aliphatic imine (C=N–C) groups is 1. The number of ether oxygens (including phenoxy) is 1. The third-order valence-corrected chi connectivity index (χ3v) is 4.92. The quantitative estimate of drug-likeness (QED) is 0.354. The third-order valence-electron chi connectivity index (χ3n) is 4.92. The number of rotatable bonds is 6. The molecular formula is C22H32IN5O.